The van der Waals surface area contributed by atoms with Crippen LogP contribution in [-0.4, -0.2) is 18.2 Å². The van der Waals surface area contributed by atoms with Crippen LogP contribution in [-0.2, 0) is 9.53 Å². The molecule has 0 unspecified atom stereocenters. The predicted molar refractivity (Wildman–Crippen MR) is 65.3 cm³/mol. The molecule has 1 N–H and O–H groups in total. The van der Waals surface area contributed by atoms with E-state index in [0.29, 0.717) is 12.8 Å². The van der Waals surface area contributed by atoms with Gasteiger partial charge in [0, 0.05) is 0 Å². The zero-order valence-corrected chi connectivity index (χ0v) is 11.1. The number of allylic oxidation sites excluding steroid dienone is 1. The maximum atomic E-state index is 11.9. The van der Waals surface area contributed by atoms with Crippen molar-refractivity contribution in [3.05, 3.63) is 11.3 Å². The molecule has 0 saturated heterocycles. The van der Waals surface area contributed by atoms with E-state index in [0.717, 1.165) is 18.4 Å². The minimum absolute atomic E-state index is 0.217. The molecule has 0 aromatic rings. The lowest BCUT2D eigenvalue weighted by molar-refractivity contribution is -0.152. The summed E-state index contributed by atoms with van der Waals surface area (Å²) in [6, 6.07) is 0. The second-order valence-electron chi connectivity index (χ2n) is 3.94. The lowest BCUT2D eigenvalue weighted by Crippen LogP contribution is -2.34. The Morgan fingerprint density at radius 1 is 1.12 bits per heavy atom. The number of hydrogen-bond donors (Lipinski definition) is 1. The van der Waals surface area contributed by atoms with Gasteiger partial charge in [-0.3, -0.25) is 4.79 Å². The Labute approximate surface area is 98.5 Å². The van der Waals surface area contributed by atoms with Crippen molar-refractivity contribution in [3.63, 3.8) is 0 Å². The molecule has 3 nitrogen and oxygen atoms in total. The predicted octanol–water partition coefficient (Wildman–Crippen LogP) is 3.60. The molecule has 0 rings (SSSR count). The summed E-state index contributed by atoms with van der Waals surface area (Å²) < 4.78 is 4.82. The highest BCUT2D eigenvalue weighted by Gasteiger charge is 2.41. The first kappa shape index (κ1) is 15.0. The third kappa shape index (κ3) is 2.57. The van der Waals surface area contributed by atoms with Crippen LogP contribution in [0.3, 0.4) is 0 Å². The van der Waals surface area contributed by atoms with Crippen LogP contribution >= 0.6 is 0 Å². The zero-order chi connectivity index (χ0) is 12.8. The minimum Gasteiger partial charge on any atom is -0.511 e. The average molecular weight is 228 g/mol. The number of carbonyl (C=O) groups is 1. The summed E-state index contributed by atoms with van der Waals surface area (Å²) in [5, 5.41) is 10.3. The summed E-state index contributed by atoms with van der Waals surface area (Å²) in [7, 11) is 1.37. The molecule has 0 bridgehead atoms. The van der Waals surface area contributed by atoms with Crippen LogP contribution in [0.25, 0.3) is 0 Å². The quantitative estimate of drug-likeness (QED) is 0.558. The van der Waals surface area contributed by atoms with Crippen molar-refractivity contribution in [3.8, 4) is 0 Å². The molecule has 0 aromatic carbocycles. The first-order valence-corrected chi connectivity index (χ1v) is 6.03. The van der Waals surface area contributed by atoms with E-state index in [1.807, 2.05) is 27.7 Å². The second-order valence-corrected chi connectivity index (χ2v) is 3.94. The molecule has 0 heterocycles. The van der Waals surface area contributed by atoms with Crippen LogP contribution < -0.4 is 0 Å². The van der Waals surface area contributed by atoms with Gasteiger partial charge in [0.05, 0.1) is 7.11 Å². The van der Waals surface area contributed by atoms with E-state index < -0.39 is 5.41 Å². The topological polar surface area (TPSA) is 46.5 Å². The summed E-state index contributed by atoms with van der Waals surface area (Å²) in [5.41, 5.74) is 0.0879. The van der Waals surface area contributed by atoms with E-state index in [9.17, 15) is 9.90 Å². The molecule has 0 spiro atoms. The van der Waals surface area contributed by atoms with E-state index in [-0.39, 0.29) is 11.7 Å². The van der Waals surface area contributed by atoms with E-state index in [2.05, 4.69) is 0 Å². The van der Waals surface area contributed by atoms with Gasteiger partial charge in [0.2, 0.25) is 0 Å². The van der Waals surface area contributed by atoms with Crippen molar-refractivity contribution >= 4 is 5.97 Å². The molecule has 0 aliphatic carbocycles. The summed E-state index contributed by atoms with van der Waals surface area (Å²) in [6.45, 7) is 7.78. The van der Waals surface area contributed by atoms with Crippen LogP contribution in [0.15, 0.2) is 11.3 Å². The molecule has 0 aromatic heterocycles. The fraction of sp³-hybridized carbons (Fsp3) is 0.769. The number of aliphatic hydroxyl groups is 1. The largest absolute Gasteiger partial charge is 0.511 e. The van der Waals surface area contributed by atoms with E-state index in [4.69, 9.17) is 4.74 Å². The van der Waals surface area contributed by atoms with Gasteiger partial charge in [0.1, 0.15) is 11.2 Å². The fourth-order valence-electron chi connectivity index (χ4n) is 2.09. The SMILES string of the molecule is CCC(CC)=C(O)C(CC)(CC)C(=O)OC. The molecule has 0 radical (unpaired) electrons. The Morgan fingerprint density at radius 3 is 1.81 bits per heavy atom. The van der Waals surface area contributed by atoms with Gasteiger partial charge >= 0.3 is 5.97 Å². The average Bonchev–Trinajstić information content (AvgIpc) is 2.32. The summed E-state index contributed by atoms with van der Waals surface area (Å²) in [6.07, 6.45) is 2.65. The Bertz CT molecular complexity index is 256. The van der Waals surface area contributed by atoms with Crippen LogP contribution in [0.1, 0.15) is 53.4 Å². The minimum atomic E-state index is -0.851. The zero-order valence-electron chi connectivity index (χ0n) is 11.1. The molecule has 0 saturated carbocycles. The molecule has 0 aliphatic rings. The van der Waals surface area contributed by atoms with E-state index in [1.165, 1.54) is 7.11 Å². The molecule has 0 aliphatic heterocycles. The third-order valence-electron chi connectivity index (χ3n) is 3.42. The lowest BCUT2D eigenvalue weighted by atomic mass is 9.78. The number of carbonyl (C=O) groups excluding carboxylic acids is 1. The lowest BCUT2D eigenvalue weighted by Gasteiger charge is -2.29. The third-order valence-corrected chi connectivity index (χ3v) is 3.42. The molecule has 0 amide bonds. The summed E-state index contributed by atoms with van der Waals surface area (Å²) in [5.74, 6) is -0.122. The Hall–Kier alpha value is -0.990. The molecule has 0 atom stereocenters. The van der Waals surface area contributed by atoms with Crippen LogP contribution in [0.2, 0.25) is 0 Å². The van der Waals surface area contributed by atoms with Crippen molar-refractivity contribution < 1.29 is 14.6 Å². The van der Waals surface area contributed by atoms with E-state index in [1.54, 1.807) is 0 Å². The number of aliphatic hydroxyl groups excluding tert-OH is 1. The van der Waals surface area contributed by atoms with Crippen molar-refractivity contribution in [2.75, 3.05) is 7.11 Å². The first-order valence-electron chi connectivity index (χ1n) is 6.03. The normalized spacial score (nSPS) is 11.1. The maximum absolute atomic E-state index is 11.9. The van der Waals surface area contributed by atoms with Gasteiger partial charge in [-0.1, -0.05) is 27.7 Å². The molecule has 94 valence electrons. The number of methoxy groups -OCH3 is 1. The molecular formula is C13H24O3. The molecule has 0 fully saturated rings. The summed E-state index contributed by atoms with van der Waals surface area (Å²) >= 11 is 0. The van der Waals surface area contributed by atoms with Gasteiger partial charge in [-0.2, -0.15) is 0 Å². The number of ether oxygens (including phenoxy) is 1. The van der Waals surface area contributed by atoms with Crippen molar-refractivity contribution in [2.45, 2.75) is 53.4 Å². The second kappa shape index (κ2) is 6.56. The maximum Gasteiger partial charge on any atom is 0.319 e. The standard InChI is InChI=1S/C13H24O3/c1-6-10(7-2)11(14)13(8-3,9-4)12(15)16-5/h14H,6-9H2,1-5H3. The number of rotatable bonds is 6. The van der Waals surface area contributed by atoms with Gasteiger partial charge in [0.15, 0.2) is 0 Å². The van der Waals surface area contributed by atoms with Gasteiger partial charge in [-0.05, 0) is 31.3 Å². The van der Waals surface area contributed by atoms with Crippen molar-refractivity contribution in [2.24, 2.45) is 5.41 Å². The van der Waals surface area contributed by atoms with Crippen molar-refractivity contribution in [1.82, 2.24) is 0 Å². The highest BCUT2D eigenvalue weighted by atomic mass is 16.5. The van der Waals surface area contributed by atoms with Gasteiger partial charge in [0.25, 0.3) is 0 Å². The highest BCUT2D eigenvalue weighted by Crippen LogP contribution is 2.37. The van der Waals surface area contributed by atoms with Crippen molar-refractivity contribution in [1.29, 1.82) is 0 Å². The molecule has 16 heavy (non-hydrogen) atoms. The Morgan fingerprint density at radius 2 is 1.56 bits per heavy atom. The molecular weight excluding hydrogens is 204 g/mol. The van der Waals surface area contributed by atoms with Gasteiger partial charge in [-0.15, -0.1) is 0 Å². The number of hydrogen-bond acceptors (Lipinski definition) is 3. The van der Waals surface area contributed by atoms with Gasteiger partial charge < -0.3 is 9.84 Å². The Balaban J connectivity index is 5.50. The molecule has 3 heteroatoms. The highest BCUT2D eigenvalue weighted by molar-refractivity contribution is 5.80. The van der Waals surface area contributed by atoms with E-state index >= 15 is 0 Å². The summed E-state index contributed by atoms with van der Waals surface area (Å²) in [4.78, 5) is 11.9. The van der Waals surface area contributed by atoms with Crippen LogP contribution in [0, 0.1) is 5.41 Å². The monoisotopic (exact) mass is 228 g/mol. The Kier molecular flexibility index (Phi) is 6.16. The fourth-order valence-corrected chi connectivity index (χ4v) is 2.09. The van der Waals surface area contributed by atoms with Gasteiger partial charge in [-0.25, -0.2) is 0 Å². The number of esters is 1. The smallest absolute Gasteiger partial charge is 0.319 e. The van der Waals surface area contributed by atoms with Crippen LogP contribution in [0.5, 0.6) is 0 Å². The first-order chi connectivity index (χ1) is 7.53. The van der Waals surface area contributed by atoms with Crippen LogP contribution in [0.4, 0.5) is 0 Å².